The molecule has 2 rings (SSSR count). The van der Waals surface area contributed by atoms with Crippen LogP contribution >= 0.6 is 0 Å². The molecule has 1 N–H and O–H groups in total. The maximum Gasteiger partial charge on any atom is 0.219 e. The van der Waals surface area contributed by atoms with E-state index in [0.29, 0.717) is 13.2 Å². The first-order chi connectivity index (χ1) is 9.50. The summed E-state index contributed by atoms with van der Waals surface area (Å²) in [6.07, 6.45) is 0. The van der Waals surface area contributed by atoms with Crippen LogP contribution < -0.4 is 4.74 Å². The SMILES string of the molecule is CC(=O)N1CCOC[C@@](O)(COc2ccccc2C)C1. The van der Waals surface area contributed by atoms with E-state index in [-0.39, 0.29) is 25.7 Å². The van der Waals surface area contributed by atoms with Crippen LogP contribution in [0.2, 0.25) is 0 Å². The fraction of sp³-hybridized carbons (Fsp3) is 0.533. The molecule has 5 nitrogen and oxygen atoms in total. The van der Waals surface area contributed by atoms with E-state index >= 15 is 0 Å². The Balaban J connectivity index is 2.02. The zero-order chi connectivity index (χ0) is 14.6. The third-order valence-corrected chi connectivity index (χ3v) is 3.40. The summed E-state index contributed by atoms with van der Waals surface area (Å²) in [5.74, 6) is 0.671. The molecule has 110 valence electrons. The number of nitrogens with zero attached hydrogens (tertiary/aromatic N) is 1. The number of aliphatic hydroxyl groups is 1. The number of hydrogen-bond acceptors (Lipinski definition) is 4. The Bertz CT molecular complexity index is 477. The van der Waals surface area contributed by atoms with Gasteiger partial charge in [0.05, 0.1) is 19.8 Å². The number of β-amino-alcohol motifs (C(OH)–C–C–N with tert-alkyl or cyclic N) is 1. The summed E-state index contributed by atoms with van der Waals surface area (Å²) in [5.41, 5.74) is -0.168. The van der Waals surface area contributed by atoms with E-state index in [4.69, 9.17) is 9.47 Å². The molecular formula is C15H21NO4. The van der Waals surface area contributed by atoms with Gasteiger partial charge in [-0.15, -0.1) is 0 Å². The molecule has 1 aromatic carbocycles. The topological polar surface area (TPSA) is 59.0 Å². The fourth-order valence-corrected chi connectivity index (χ4v) is 2.20. The largest absolute Gasteiger partial charge is 0.490 e. The van der Waals surface area contributed by atoms with E-state index in [1.54, 1.807) is 4.90 Å². The molecule has 0 aliphatic carbocycles. The minimum atomic E-state index is -1.18. The Morgan fingerprint density at radius 3 is 2.95 bits per heavy atom. The summed E-state index contributed by atoms with van der Waals surface area (Å²) >= 11 is 0. The van der Waals surface area contributed by atoms with Gasteiger partial charge in [-0.1, -0.05) is 18.2 Å². The van der Waals surface area contributed by atoms with E-state index in [9.17, 15) is 9.90 Å². The standard InChI is InChI=1S/C15H21NO4/c1-12-5-3-4-6-14(12)20-11-15(18)9-16(13(2)17)7-8-19-10-15/h3-6,18H,7-11H2,1-2H3/t15-/m1/s1. The molecule has 5 heteroatoms. The van der Waals surface area contributed by atoms with Crippen molar-refractivity contribution < 1.29 is 19.4 Å². The summed E-state index contributed by atoms with van der Waals surface area (Å²) in [6.45, 7) is 4.88. The summed E-state index contributed by atoms with van der Waals surface area (Å²) in [4.78, 5) is 13.1. The summed E-state index contributed by atoms with van der Waals surface area (Å²) < 4.78 is 11.1. The van der Waals surface area contributed by atoms with Crippen molar-refractivity contribution in [3.05, 3.63) is 29.8 Å². The van der Waals surface area contributed by atoms with Gasteiger partial charge in [0.25, 0.3) is 0 Å². The maximum absolute atomic E-state index is 11.5. The molecule has 1 aliphatic heterocycles. The minimum absolute atomic E-state index is 0.0650. The van der Waals surface area contributed by atoms with Gasteiger partial charge in [0.15, 0.2) is 0 Å². The van der Waals surface area contributed by atoms with Crippen LogP contribution in [0, 0.1) is 6.92 Å². The number of benzene rings is 1. The summed E-state index contributed by atoms with van der Waals surface area (Å²) in [7, 11) is 0. The number of aryl methyl sites for hydroxylation is 1. The molecule has 0 aromatic heterocycles. The second-order valence-electron chi connectivity index (χ2n) is 5.27. The quantitative estimate of drug-likeness (QED) is 0.896. The van der Waals surface area contributed by atoms with Gasteiger partial charge in [-0.05, 0) is 18.6 Å². The molecule has 1 amide bonds. The molecule has 0 radical (unpaired) electrons. The fourth-order valence-electron chi connectivity index (χ4n) is 2.20. The molecule has 0 bridgehead atoms. The molecule has 20 heavy (non-hydrogen) atoms. The Morgan fingerprint density at radius 2 is 2.25 bits per heavy atom. The number of carbonyl (C=O) groups excluding carboxylic acids is 1. The monoisotopic (exact) mass is 279 g/mol. The first kappa shape index (κ1) is 14.8. The number of amides is 1. The van der Waals surface area contributed by atoms with E-state index in [2.05, 4.69) is 0 Å². The van der Waals surface area contributed by atoms with Gasteiger partial charge in [-0.2, -0.15) is 0 Å². The third kappa shape index (κ3) is 3.71. The Labute approximate surface area is 119 Å². The van der Waals surface area contributed by atoms with Gasteiger partial charge < -0.3 is 19.5 Å². The van der Waals surface area contributed by atoms with Crippen LogP contribution in [0.25, 0.3) is 0 Å². The van der Waals surface area contributed by atoms with Crippen molar-refractivity contribution in [3.63, 3.8) is 0 Å². The van der Waals surface area contributed by atoms with Crippen LogP contribution in [0.1, 0.15) is 12.5 Å². The van der Waals surface area contributed by atoms with E-state index in [1.807, 2.05) is 31.2 Å². The van der Waals surface area contributed by atoms with Crippen LogP contribution in [-0.2, 0) is 9.53 Å². The van der Waals surface area contributed by atoms with Crippen molar-refractivity contribution in [1.82, 2.24) is 4.90 Å². The number of hydrogen-bond donors (Lipinski definition) is 1. The van der Waals surface area contributed by atoms with Gasteiger partial charge in [0.2, 0.25) is 5.91 Å². The number of carbonyl (C=O) groups is 1. The van der Waals surface area contributed by atoms with Gasteiger partial charge in [0.1, 0.15) is 18.0 Å². The van der Waals surface area contributed by atoms with E-state index < -0.39 is 5.60 Å². The molecule has 1 aromatic rings. The Morgan fingerprint density at radius 1 is 1.50 bits per heavy atom. The maximum atomic E-state index is 11.5. The average Bonchev–Trinajstić information content (AvgIpc) is 2.61. The van der Waals surface area contributed by atoms with Crippen LogP contribution in [0.3, 0.4) is 0 Å². The lowest BCUT2D eigenvalue weighted by Gasteiger charge is -2.30. The lowest BCUT2D eigenvalue weighted by atomic mass is 10.1. The van der Waals surface area contributed by atoms with Crippen molar-refractivity contribution in [2.24, 2.45) is 0 Å². The molecule has 1 atom stereocenters. The average molecular weight is 279 g/mol. The van der Waals surface area contributed by atoms with Gasteiger partial charge in [0, 0.05) is 13.5 Å². The summed E-state index contributed by atoms with van der Waals surface area (Å²) in [6, 6.07) is 7.63. The molecular weight excluding hydrogens is 258 g/mol. The highest BCUT2D eigenvalue weighted by Gasteiger charge is 2.34. The highest BCUT2D eigenvalue weighted by atomic mass is 16.5. The van der Waals surface area contributed by atoms with Gasteiger partial charge >= 0.3 is 0 Å². The normalized spacial score (nSPS) is 23.2. The highest BCUT2D eigenvalue weighted by Crippen LogP contribution is 2.20. The number of para-hydroxylation sites is 1. The lowest BCUT2D eigenvalue weighted by Crippen LogP contribution is -2.49. The molecule has 0 spiro atoms. The van der Waals surface area contributed by atoms with Crippen molar-refractivity contribution in [3.8, 4) is 5.75 Å². The third-order valence-electron chi connectivity index (χ3n) is 3.40. The van der Waals surface area contributed by atoms with Gasteiger partial charge in [-0.3, -0.25) is 4.79 Å². The van der Waals surface area contributed by atoms with Crippen LogP contribution in [0.5, 0.6) is 5.75 Å². The molecule has 0 saturated carbocycles. The van der Waals surface area contributed by atoms with Crippen LogP contribution in [-0.4, -0.2) is 54.4 Å². The molecule has 0 unspecified atom stereocenters. The predicted molar refractivity (Wildman–Crippen MR) is 74.7 cm³/mol. The first-order valence-electron chi connectivity index (χ1n) is 6.74. The highest BCUT2D eigenvalue weighted by molar-refractivity contribution is 5.73. The van der Waals surface area contributed by atoms with Crippen molar-refractivity contribution >= 4 is 5.91 Å². The zero-order valence-corrected chi connectivity index (χ0v) is 12.0. The second kappa shape index (κ2) is 6.24. The molecule has 1 heterocycles. The van der Waals surface area contributed by atoms with Crippen molar-refractivity contribution in [1.29, 1.82) is 0 Å². The van der Waals surface area contributed by atoms with Crippen molar-refractivity contribution in [2.75, 3.05) is 32.9 Å². The minimum Gasteiger partial charge on any atom is -0.490 e. The van der Waals surface area contributed by atoms with E-state index in [0.717, 1.165) is 11.3 Å². The summed E-state index contributed by atoms with van der Waals surface area (Å²) in [5, 5.41) is 10.6. The molecule has 1 saturated heterocycles. The van der Waals surface area contributed by atoms with Crippen LogP contribution in [0.15, 0.2) is 24.3 Å². The molecule has 1 aliphatic rings. The van der Waals surface area contributed by atoms with Crippen LogP contribution in [0.4, 0.5) is 0 Å². The predicted octanol–water partition coefficient (Wildman–Crippen LogP) is 0.984. The Kier molecular flexibility index (Phi) is 4.62. The molecule has 1 fully saturated rings. The lowest BCUT2D eigenvalue weighted by molar-refractivity contribution is -0.132. The van der Waals surface area contributed by atoms with Crippen molar-refractivity contribution in [2.45, 2.75) is 19.4 Å². The van der Waals surface area contributed by atoms with E-state index in [1.165, 1.54) is 6.92 Å². The first-order valence-corrected chi connectivity index (χ1v) is 6.74. The number of rotatable bonds is 3. The zero-order valence-electron chi connectivity index (χ0n) is 12.0. The smallest absolute Gasteiger partial charge is 0.219 e. The van der Waals surface area contributed by atoms with Gasteiger partial charge in [-0.25, -0.2) is 0 Å². The number of ether oxygens (including phenoxy) is 2. The Hall–Kier alpha value is -1.59. The second-order valence-corrected chi connectivity index (χ2v) is 5.27.